The number of aromatic nitrogens is 6. The number of aliphatic imine (C=N–C) groups is 1. The van der Waals surface area contributed by atoms with Gasteiger partial charge in [0, 0.05) is 38.6 Å². The van der Waals surface area contributed by atoms with Gasteiger partial charge >= 0.3 is 21.1 Å². The molecule has 3 aromatic heterocycles. The van der Waals surface area contributed by atoms with E-state index in [1.807, 2.05) is 50.9 Å². The van der Waals surface area contributed by atoms with E-state index in [9.17, 15) is 0 Å². The molecule has 2 aliphatic heterocycles. The van der Waals surface area contributed by atoms with Gasteiger partial charge in [0.15, 0.2) is 0 Å². The predicted molar refractivity (Wildman–Crippen MR) is 141 cm³/mol. The van der Waals surface area contributed by atoms with Gasteiger partial charge in [0.25, 0.3) is 7.12 Å². The maximum absolute atomic E-state index is 8.87. The van der Waals surface area contributed by atoms with Crippen LogP contribution in [0.5, 0.6) is 0 Å². The molecular formula is C22H31BN10OPW. The van der Waals surface area contributed by atoms with Crippen LogP contribution in [0.15, 0.2) is 60.4 Å². The summed E-state index contributed by atoms with van der Waals surface area (Å²) in [5.41, 5.74) is 5.75. The Morgan fingerprint density at radius 3 is 1.69 bits per heavy atom. The minimum atomic E-state index is -0.194. The van der Waals surface area contributed by atoms with Crippen LogP contribution >= 0.6 is 7.92 Å². The molecule has 6 rings (SSSR count). The Balaban J connectivity index is 0.000000294. The summed E-state index contributed by atoms with van der Waals surface area (Å²) in [5.74, 6) is 1.59. The number of nitrogens with zero attached hydrogens (tertiary/aromatic N) is 10. The van der Waals surface area contributed by atoms with Crippen molar-refractivity contribution in [3.8, 4) is 6.07 Å². The topological polar surface area (TPSA) is 132 Å². The zero-order valence-electron chi connectivity index (χ0n) is 21.1. The SMILES string of the molecule is CN(C)C1=N[C@@H]2[CH][CH][C@H]1C[C@H]2C#N.CP(C)C.[N-]=O.[W+2].c1cnn([B-](n2cccn2)n2cccn2)c1. The second-order valence-corrected chi connectivity index (χ2v) is 11.2. The van der Waals surface area contributed by atoms with Crippen molar-refractivity contribution >= 4 is 20.9 Å². The van der Waals surface area contributed by atoms with Crippen molar-refractivity contribution in [1.82, 2.24) is 34.0 Å². The van der Waals surface area contributed by atoms with Crippen LogP contribution < -0.4 is 0 Å². The van der Waals surface area contributed by atoms with E-state index in [-0.39, 0.29) is 40.1 Å². The third-order valence-corrected chi connectivity index (χ3v) is 4.98. The van der Waals surface area contributed by atoms with Gasteiger partial charge in [0.1, 0.15) is 5.84 Å². The van der Waals surface area contributed by atoms with E-state index in [0.717, 1.165) is 12.3 Å². The average molecular weight is 677 g/mol. The van der Waals surface area contributed by atoms with Gasteiger partial charge in [-0.25, -0.2) is 15.3 Å². The molecule has 5 heterocycles. The first kappa shape index (κ1) is 31.4. The zero-order valence-corrected chi connectivity index (χ0v) is 24.9. The van der Waals surface area contributed by atoms with Gasteiger partial charge in [0.2, 0.25) is 0 Å². The summed E-state index contributed by atoms with van der Waals surface area (Å²) < 4.78 is 5.38. The Morgan fingerprint density at radius 1 is 0.972 bits per heavy atom. The van der Waals surface area contributed by atoms with Crippen molar-refractivity contribution in [1.29, 1.82) is 5.26 Å². The summed E-state index contributed by atoms with van der Waals surface area (Å²) in [6.07, 6.45) is 16.0. The molecular weight excluding hydrogens is 646 g/mol. The van der Waals surface area contributed by atoms with Gasteiger partial charge in [-0.15, -0.1) is 7.92 Å². The summed E-state index contributed by atoms with van der Waals surface area (Å²) in [6, 6.07) is 8.05. The van der Waals surface area contributed by atoms with Crippen LogP contribution in [0.25, 0.3) is 5.59 Å². The third kappa shape index (κ3) is 8.79. The minimum Gasteiger partial charge on any atom is -0.577 e. The van der Waals surface area contributed by atoms with E-state index < -0.39 is 0 Å². The molecule has 3 aromatic rings. The van der Waals surface area contributed by atoms with Crippen molar-refractivity contribution in [2.45, 2.75) is 12.5 Å². The first-order valence-electron chi connectivity index (χ1n) is 11.0. The molecule has 11 nitrogen and oxygen atoms in total. The van der Waals surface area contributed by atoms with Gasteiger partial charge in [-0.3, -0.25) is 4.99 Å². The molecule has 1 saturated carbocycles. The van der Waals surface area contributed by atoms with Crippen LogP contribution in [0.3, 0.4) is 0 Å². The normalized spacial score (nSPS) is 19.3. The number of hydrogen-bond acceptors (Lipinski definition) is 7. The van der Waals surface area contributed by atoms with Gasteiger partial charge in [0.05, 0.1) is 18.0 Å². The van der Waals surface area contributed by atoms with Crippen molar-refractivity contribution in [2.75, 3.05) is 34.1 Å². The van der Waals surface area contributed by atoms with E-state index in [4.69, 9.17) is 15.8 Å². The fourth-order valence-corrected chi connectivity index (χ4v) is 3.64. The van der Waals surface area contributed by atoms with Crippen LogP contribution in [0.1, 0.15) is 6.42 Å². The number of hydrogen-bond donors (Lipinski definition) is 0. The standard InChI is InChI=1S/C10H13N3.C9H9BN6.C3H9P.NO.W/c1-13(2)10-7-3-4-9(12-10)8(5-7)6-11;1-4-11-14(7-1)10(15-8-2-5-12-15)16-9-3-6-13-16;1-4(2)3;1-2;/h3-4,7-9H,5H2,1-2H3;1-9H;1-3H3;;/q;-1;;-1;+2/t7-,8-,9+;;;;/m0..../s1. The Morgan fingerprint density at radius 2 is 1.42 bits per heavy atom. The van der Waals surface area contributed by atoms with Crippen molar-refractivity contribution in [3.05, 3.63) is 78.7 Å². The number of amidine groups is 1. The third-order valence-electron chi connectivity index (χ3n) is 4.98. The summed E-state index contributed by atoms with van der Waals surface area (Å²) in [7, 11) is 4.20. The molecule has 0 unspecified atom stereocenters. The molecule has 0 aromatic carbocycles. The van der Waals surface area contributed by atoms with Crippen LogP contribution in [0.4, 0.5) is 0 Å². The monoisotopic (exact) mass is 677 g/mol. The summed E-state index contributed by atoms with van der Waals surface area (Å²) >= 11 is 0. The molecule has 3 aliphatic rings. The number of fused-ring (bicyclic) bond motifs is 2. The fraction of sp³-hybridized carbons (Fsp3) is 0.409. The molecule has 14 heteroatoms. The maximum atomic E-state index is 8.87. The van der Waals surface area contributed by atoms with Gasteiger partial charge < -0.3 is 29.2 Å². The van der Waals surface area contributed by atoms with Crippen LogP contribution in [0, 0.1) is 40.9 Å². The molecule has 3 radical (unpaired) electrons. The average Bonchev–Trinajstić information content (AvgIpc) is 3.66. The second kappa shape index (κ2) is 16.2. The fourth-order valence-electron chi connectivity index (χ4n) is 3.64. The van der Waals surface area contributed by atoms with Crippen molar-refractivity contribution in [2.24, 2.45) is 16.8 Å². The first-order valence-corrected chi connectivity index (χ1v) is 13.7. The van der Waals surface area contributed by atoms with Crippen molar-refractivity contribution < 1.29 is 21.1 Å². The van der Waals surface area contributed by atoms with Crippen LogP contribution in [0.2, 0.25) is 0 Å². The molecule has 0 amide bonds. The molecule has 36 heavy (non-hydrogen) atoms. The molecule has 189 valence electrons. The number of nitriles is 1. The molecule has 1 aliphatic carbocycles. The smallest absolute Gasteiger partial charge is 0.577 e. The predicted octanol–water partition coefficient (Wildman–Crippen LogP) is 2.78. The summed E-state index contributed by atoms with van der Waals surface area (Å²) in [4.78, 5) is 13.8. The largest absolute Gasteiger partial charge is 2.00 e. The molecule has 1 fully saturated rings. The molecule has 3 atom stereocenters. The molecule has 2 bridgehead atoms. The van der Waals surface area contributed by atoms with Gasteiger partial charge in [-0.05, 0) is 76.0 Å². The van der Waals surface area contributed by atoms with Gasteiger partial charge in [-0.2, -0.15) is 5.26 Å². The van der Waals surface area contributed by atoms with E-state index >= 15 is 0 Å². The second-order valence-electron chi connectivity index (χ2n) is 8.48. The quantitative estimate of drug-likeness (QED) is 0.310. The van der Waals surface area contributed by atoms with E-state index in [2.05, 4.69) is 64.1 Å². The Bertz CT molecular complexity index is 954. The first-order chi connectivity index (χ1) is 16.9. The van der Waals surface area contributed by atoms with Crippen molar-refractivity contribution in [3.63, 3.8) is 0 Å². The minimum absolute atomic E-state index is 0. The van der Waals surface area contributed by atoms with Crippen LogP contribution in [-0.4, -0.2) is 87.1 Å². The molecule has 0 spiro atoms. The maximum Gasteiger partial charge on any atom is 2.00 e. The number of rotatable bonds is 3. The van der Waals surface area contributed by atoms with E-state index in [0.29, 0.717) is 13.8 Å². The number of nitroso groups, excluding NO2 is 1. The summed E-state index contributed by atoms with van der Waals surface area (Å²) in [5, 5.41) is 21.5. The van der Waals surface area contributed by atoms with E-state index in [1.165, 1.54) is 0 Å². The van der Waals surface area contributed by atoms with Gasteiger partial charge in [-0.1, -0.05) is 0 Å². The van der Waals surface area contributed by atoms with E-state index in [1.54, 1.807) is 32.4 Å². The summed E-state index contributed by atoms with van der Waals surface area (Å²) in [6.45, 7) is 6.69. The van der Waals surface area contributed by atoms with Crippen LogP contribution in [-0.2, 0) is 21.1 Å². The molecule has 0 N–H and O–H groups in total. The molecule has 0 saturated heterocycles. The Hall–Kier alpha value is -2.63. The Kier molecular flexibility index (Phi) is 14.1. The Labute approximate surface area is 228 Å². The zero-order chi connectivity index (χ0) is 25.8.